The molecule has 0 unspecified atom stereocenters. The maximum atomic E-state index is 12.7. The Hall–Kier alpha value is -2.57. The molecule has 29 heavy (non-hydrogen) atoms. The summed E-state index contributed by atoms with van der Waals surface area (Å²) in [6, 6.07) is 7.47. The first-order valence-corrected chi connectivity index (χ1v) is 10.4. The van der Waals surface area contributed by atoms with Crippen LogP contribution in [0.5, 0.6) is 0 Å². The van der Waals surface area contributed by atoms with Crippen molar-refractivity contribution in [3.8, 4) is 0 Å². The van der Waals surface area contributed by atoms with E-state index in [4.69, 9.17) is 4.74 Å². The van der Waals surface area contributed by atoms with Crippen molar-refractivity contribution < 1.29 is 31.1 Å². The largest absolute Gasteiger partial charge is 0.460 e. The summed E-state index contributed by atoms with van der Waals surface area (Å²) in [6.07, 6.45) is -4.52. The number of nitrogens with zero attached hydrogens (tertiary/aromatic N) is 2. The van der Waals surface area contributed by atoms with Gasteiger partial charge in [-0.25, -0.2) is 8.42 Å². The van der Waals surface area contributed by atoms with Crippen molar-refractivity contribution in [3.05, 3.63) is 53.6 Å². The summed E-state index contributed by atoms with van der Waals surface area (Å²) in [7, 11) is -4.11. The van der Waals surface area contributed by atoms with Crippen molar-refractivity contribution in [1.29, 1.82) is 0 Å². The molecular weight excluding hydrogens is 431 g/mol. The summed E-state index contributed by atoms with van der Waals surface area (Å²) in [5.74, 6) is -0.936. The van der Waals surface area contributed by atoms with Crippen LogP contribution in [-0.2, 0) is 32.3 Å². The van der Waals surface area contributed by atoms with E-state index in [9.17, 15) is 26.4 Å². The zero-order chi connectivity index (χ0) is 21.2. The van der Waals surface area contributed by atoms with Crippen LogP contribution in [0.15, 0.2) is 47.4 Å². The SMILES string of the molecule is C[C@@H](NS(=O)(=O)c1cccc2nsnc12)C(=O)OCc1cccc(C(F)(F)F)c1. The van der Waals surface area contributed by atoms with Crippen molar-refractivity contribution in [2.75, 3.05) is 0 Å². The number of hydrogen-bond donors (Lipinski definition) is 1. The van der Waals surface area contributed by atoms with Crippen LogP contribution in [0.1, 0.15) is 18.1 Å². The molecule has 0 fully saturated rings. The van der Waals surface area contributed by atoms with E-state index < -0.39 is 40.4 Å². The van der Waals surface area contributed by atoms with Crippen LogP contribution in [0, 0.1) is 0 Å². The van der Waals surface area contributed by atoms with Crippen LogP contribution < -0.4 is 4.72 Å². The van der Waals surface area contributed by atoms with Gasteiger partial charge < -0.3 is 4.74 Å². The number of sulfonamides is 1. The average Bonchev–Trinajstić information content (AvgIpc) is 3.14. The first kappa shape index (κ1) is 21.1. The third-order valence-corrected chi connectivity index (χ3v) is 5.97. The number of rotatable bonds is 6. The zero-order valence-electron chi connectivity index (χ0n) is 14.8. The minimum absolute atomic E-state index is 0.126. The molecule has 0 saturated heterocycles. The molecule has 0 spiro atoms. The quantitative estimate of drug-likeness (QED) is 0.586. The number of hydrogen-bond acceptors (Lipinski definition) is 7. The summed E-state index contributed by atoms with van der Waals surface area (Å²) >= 11 is 0.853. The van der Waals surface area contributed by atoms with E-state index in [-0.39, 0.29) is 16.0 Å². The number of halogens is 3. The van der Waals surface area contributed by atoms with E-state index in [0.29, 0.717) is 5.52 Å². The van der Waals surface area contributed by atoms with Crippen LogP contribution in [0.2, 0.25) is 0 Å². The summed E-state index contributed by atoms with van der Waals surface area (Å²) in [5.41, 5.74) is -0.168. The van der Waals surface area contributed by atoms with Crippen molar-refractivity contribution in [3.63, 3.8) is 0 Å². The monoisotopic (exact) mass is 445 g/mol. The van der Waals surface area contributed by atoms with E-state index in [0.717, 1.165) is 23.9 Å². The van der Waals surface area contributed by atoms with Gasteiger partial charge in [0, 0.05) is 0 Å². The molecule has 0 aliphatic rings. The van der Waals surface area contributed by atoms with E-state index in [2.05, 4.69) is 13.5 Å². The lowest BCUT2D eigenvalue weighted by Gasteiger charge is -2.14. The molecule has 0 saturated carbocycles. The zero-order valence-corrected chi connectivity index (χ0v) is 16.4. The number of benzene rings is 2. The first-order chi connectivity index (χ1) is 13.6. The second-order valence-electron chi connectivity index (χ2n) is 6.04. The summed E-state index contributed by atoms with van der Waals surface area (Å²) in [5, 5.41) is 0. The van der Waals surface area contributed by atoms with E-state index in [1.807, 2.05) is 0 Å². The first-order valence-electron chi connectivity index (χ1n) is 8.14. The van der Waals surface area contributed by atoms with Crippen LogP contribution in [-0.4, -0.2) is 29.2 Å². The number of fused-ring (bicyclic) bond motifs is 1. The molecule has 3 rings (SSSR count). The highest BCUT2D eigenvalue weighted by molar-refractivity contribution is 7.89. The number of nitrogens with one attached hydrogen (secondary N) is 1. The van der Waals surface area contributed by atoms with E-state index >= 15 is 0 Å². The van der Waals surface area contributed by atoms with Gasteiger partial charge in [-0.15, -0.1) is 0 Å². The molecule has 2 aromatic carbocycles. The fourth-order valence-corrected chi connectivity index (χ4v) is 4.42. The highest BCUT2D eigenvalue weighted by Gasteiger charge is 2.30. The fourth-order valence-electron chi connectivity index (χ4n) is 2.46. The van der Waals surface area contributed by atoms with Gasteiger partial charge in [0.25, 0.3) is 0 Å². The molecule has 1 heterocycles. The standard InChI is InChI=1S/C17H14F3N3O4S2/c1-10(16(24)27-9-11-4-2-5-12(8-11)17(18,19)20)23-29(25,26)14-7-3-6-13-15(14)22-28-21-13/h2-8,10,23H,9H2,1H3/t10-/m1/s1. The number of carbonyl (C=O) groups is 1. The highest BCUT2D eigenvalue weighted by Crippen LogP contribution is 2.29. The maximum absolute atomic E-state index is 12.7. The average molecular weight is 445 g/mol. The molecule has 0 aliphatic heterocycles. The van der Waals surface area contributed by atoms with Crippen molar-refractivity contribution in [1.82, 2.24) is 13.5 Å². The lowest BCUT2D eigenvalue weighted by atomic mass is 10.1. The third-order valence-electron chi connectivity index (χ3n) is 3.86. The van der Waals surface area contributed by atoms with Gasteiger partial charge in [-0.2, -0.15) is 26.6 Å². The molecule has 0 amide bonds. The summed E-state index contributed by atoms with van der Waals surface area (Å²) in [6.45, 7) is 0.839. The smallest absolute Gasteiger partial charge is 0.416 e. The Kier molecular flexibility index (Phi) is 5.87. The third kappa shape index (κ3) is 4.89. The number of ether oxygens (including phenoxy) is 1. The normalized spacial score (nSPS) is 13.4. The lowest BCUT2D eigenvalue weighted by molar-refractivity contribution is -0.146. The Labute approximate surface area is 167 Å². The second kappa shape index (κ2) is 8.05. The summed E-state index contributed by atoms with van der Waals surface area (Å²) < 4.78 is 78.4. The van der Waals surface area contributed by atoms with Crippen LogP contribution in [0.4, 0.5) is 13.2 Å². The van der Waals surface area contributed by atoms with Gasteiger partial charge in [0.15, 0.2) is 0 Å². The van der Waals surface area contributed by atoms with Gasteiger partial charge in [-0.05, 0) is 36.8 Å². The van der Waals surface area contributed by atoms with Gasteiger partial charge >= 0.3 is 12.1 Å². The molecule has 1 N–H and O–H groups in total. The second-order valence-corrected chi connectivity index (χ2v) is 8.25. The highest BCUT2D eigenvalue weighted by atomic mass is 32.2. The maximum Gasteiger partial charge on any atom is 0.416 e. The fraction of sp³-hybridized carbons (Fsp3) is 0.235. The Morgan fingerprint density at radius 3 is 2.66 bits per heavy atom. The number of carbonyl (C=O) groups excluding carboxylic acids is 1. The van der Waals surface area contributed by atoms with Gasteiger partial charge in [0.1, 0.15) is 28.6 Å². The van der Waals surface area contributed by atoms with Crippen molar-refractivity contribution >= 4 is 38.8 Å². The van der Waals surface area contributed by atoms with Crippen LogP contribution in [0.25, 0.3) is 11.0 Å². The van der Waals surface area contributed by atoms with E-state index in [1.54, 1.807) is 6.07 Å². The number of alkyl halides is 3. The Bertz CT molecular complexity index is 1150. The minimum Gasteiger partial charge on any atom is -0.460 e. The topological polar surface area (TPSA) is 98.3 Å². The Morgan fingerprint density at radius 1 is 1.21 bits per heavy atom. The predicted octanol–water partition coefficient (Wildman–Crippen LogP) is 3.12. The molecule has 1 aromatic heterocycles. The van der Waals surface area contributed by atoms with Gasteiger partial charge in [0.2, 0.25) is 10.0 Å². The lowest BCUT2D eigenvalue weighted by Crippen LogP contribution is -2.39. The van der Waals surface area contributed by atoms with E-state index in [1.165, 1.54) is 31.2 Å². The van der Waals surface area contributed by atoms with Crippen molar-refractivity contribution in [2.45, 2.75) is 30.6 Å². The van der Waals surface area contributed by atoms with Crippen molar-refractivity contribution in [2.24, 2.45) is 0 Å². The van der Waals surface area contributed by atoms with Crippen LogP contribution >= 0.6 is 11.7 Å². The molecule has 154 valence electrons. The Balaban J connectivity index is 1.67. The molecule has 0 aliphatic carbocycles. The summed E-state index contributed by atoms with van der Waals surface area (Å²) in [4.78, 5) is 12.0. The minimum atomic E-state index is -4.52. The van der Waals surface area contributed by atoms with Crippen LogP contribution in [0.3, 0.4) is 0 Å². The molecule has 0 radical (unpaired) electrons. The molecule has 1 atom stereocenters. The molecule has 7 nitrogen and oxygen atoms in total. The predicted molar refractivity (Wildman–Crippen MR) is 98.4 cm³/mol. The molecule has 0 bridgehead atoms. The molecule has 12 heteroatoms. The molecular formula is C17H14F3N3O4S2. The Morgan fingerprint density at radius 2 is 1.93 bits per heavy atom. The van der Waals surface area contributed by atoms with Gasteiger partial charge in [-0.3, -0.25) is 4.79 Å². The molecule has 3 aromatic rings. The number of esters is 1. The van der Waals surface area contributed by atoms with Gasteiger partial charge in [-0.1, -0.05) is 18.2 Å². The number of aromatic nitrogens is 2. The van der Waals surface area contributed by atoms with Gasteiger partial charge in [0.05, 0.1) is 17.3 Å².